The highest BCUT2D eigenvalue weighted by Crippen LogP contribution is 2.42. The first-order chi connectivity index (χ1) is 16.9. The molecule has 1 aromatic rings. The lowest BCUT2D eigenvalue weighted by molar-refractivity contribution is 0.0567. The number of ether oxygens (including phenoxy) is 1. The van der Waals surface area contributed by atoms with Gasteiger partial charge in [0.25, 0.3) is 0 Å². The molecule has 0 fully saturated rings. The number of H-pyrrole nitrogens is 1. The first kappa shape index (κ1) is 24.5. The molecule has 0 saturated heterocycles. The molecular weight excluding hydrogens is 440 g/mol. The van der Waals surface area contributed by atoms with E-state index in [-0.39, 0.29) is 5.60 Å². The second-order valence-electron chi connectivity index (χ2n) is 11.2. The van der Waals surface area contributed by atoms with Crippen LogP contribution in [0.15, 0.2) is 84.6 Å². The molecule has 0 amide bonds. The van der Waals surface area contributed by atoms with Gasteiger partial charge in [-0.1, -0.05) is 0 Å². The summed E-state index contributed by atoms with van der Waals surface area (Å²) in [4.78, 5) is 8.87. The summed E-state index contributed by atoms with van der Waals surface area (Å²) in [6, 6.07) is 0. The monoisotopic (exact) mass is 478 g/mol. The third kappa shape index (κ3) is 3.72. The Kier molecular flexibility index (Phi) is 5.76. The average molecular weight is 479 g/mol. The number of rotatable bonds is 2. The molecule has 0 spiro atoms. The zero-order valence-electron chi connectivity index (χ0n) is 23.4. The van der Waals surface area contributed by atoms with Crippen molar-refractivity contribution < 1.29 is 4.74 Å². The molecule has 2 aliphatic heterocycles. The van der Waals surface area contributed by atoms with Gasteiger partial charge in [-0.3, -0.25) is 0 Å². The first-order valence-electron chi connectivity index (χ1n) is 12.9. The van der Waals surface area contributed by atoms with Gasteiger partial charge >= 0.3 is 0 Å². The highest BCUT2D eigenvalue weighted by atomic mass is 16.5. The summed E-state index contributed by atoms with van der Waals surface area (Å²) in [5.74, 6) is 0. The van der Waals surface area contributed by atoms with E-state index in [0.717, 1.165) is 17.8 Å². The van der Waals surface area contributed by atoms with Crippen molar-refractivity contribution in [3.8, 4) is 0 Å². The van der Waals surface area contributed by atoms with Crippen molar-refractivity contribution in [1.82, 2.24) is 4.98 Å². The summed E-state index contributed by atoms with van der Waals surface area (Å²) in [5, 5.41) is 2.35. The van der Waals surface area contributed by atoms with Crippen LogP contribution >= 0.6 is 0 Å². The van der Waals surface area contributed by atoms with E-state index in [4.69, 9.17) is 9.73 Å². The van der Waals surface area contributed by atoms with Crippen molar-refractivity contribution in [1.29, 1.82) is 0 Å². The number of fused-ring (bicyclic) bond motifs is 6. The van der Waals surface area contributed by atoms with Gasteiger partial charge in [-0.15, -0.1) is 0 Å². The van der Waals surface area contributed by atoms with Crippen LogP contribution in [0, 0.1) is 13.8 Å². The Hall–Kier alpha value is -3.17. The fourth-order valence-corrected chi connectivity index (χ4v) is 5.80. The summed E-state index contributed by atoms with van der Waals surface area (Å²) in [7, 11) is 1.80. The van der Waals surface area contributed by atoms with E-state index in [9.17, 15) is 0 Å². The molecule has 36 heavy (non-hydrogen) atoms. The zero-order valence-corrected chi connectivity index (χ0v) is 23.4. The maximum atomic E-state index is 6.01. The number of aliphatic imine (C=N–C) groups is 1. The molecule has 186 valence electrons. The number of aromatic nitrogens is 1. The summed E-state index contributed by atoms with van der Waals surface area (Å²) in [6.07, 6.45) is 12.4. The van der Waals surface area contributed by atoms with Gasteiger partial charge < -0.3 is 9.72 Å². The molecule has 1 aromatic heterocycles. The first-order valence-corrected chi connectivity index (χ1v) is 12.9. The van der Waals surface area contributed by atoms with Gasteiger partial charge in [-0.05, 0) is 166 Å². The largest absolute Gasteiger partial charge is 0.374 e. The molecule has 0 atom stereocenters. The van der Waals surface area contributed by atoms with Crippen LogP contribution in [0.25, 0.3) is 12.2 Å². The Labute approximate surface area is 215 Å². The number of nitrogens with zero attached hydrogens (tertiary/aromatic N) is 1. The Morgan fingerprint density at radius 2 is 1.31 bits per heavy atom. The van der Waals surface area contributed by atoms with Gasteiger partial charge in [0.15, 0.2) is 0 Å². The van der Waals surface area contributed by atoms with Crippen molar-refractivity contribution in [3.63, 3.8) is 0 Å². The standard InChI is InChI=1S/C33H38N2O/c1-17-18(2)25-11-24(17)13-28-19(3)20(4)30(34-28)15-26-12-27(32(23(26)7)33(8,9)36-10)16-31-22(6)21(5)29(14-25)35-31/h11,13-16,35H,12H2,1-10H3. The molecule has 3 heteroatoms. The lowest BCUT2D eigenvalue weighted by atomic mass is 9.90. The van der Waals surface area contributed by atoms with E-state index in [0.29, 0.717) is 0 Å². The summed E-state index contributed by atoms with van der Waals surface area (Å²) in [5.41, 5.74) is 17.2. The molecule has 3 nitrogen and oxygen atoms in total. The predicted molar refractivity (Wildman–Crippen MR) is 152 cm³/mol. The van der Waals surface area contributed by atoms with Crippen LogP contribution < -0.4 is 10.7 Å². The number of aromatic amines is 1. The van der Waals surface area contributed by atoms with E-state index in [1.54, 1.807) is 7.11 Å². The summed E-state index contributed by atoms with van der Waals surface area (Å²) in [6.45, 7) is 19.8. The Morgan fingerprint density at radius 1 is 0.694 bits per heavy atom. The van der Waals surface area contributed by atoms with Crippen LogP contribution in [-0.4, -0.2) is 23.4 Å². The maximum absolute atomic E-state index is 6.01. The molecule has 0 radical (unpaired) electrons. The topological polar surface area (TPSA) is 37.4 Å². The van der Waals surface area contributed by atoms with E-state index in [1.165, 1.54) is 77.6 Å². The SMILES string of the molecule is COC(C)(C)C1=C2C=c3[nH]c(c(C)c3C)=CC3=CC(=CC4=NC(=CC(=C1C)C2)C(C)=C4C)C(C)=C3C. The van der Waals surface area contributed by atoms with Crippen molar-refractivity contribution >= 4 is 17.9 Å². The van der Waals surface area contributed by atoms with Crippen LogP contribution in [0.4, 0.5) is 0 Å². The third-order valence-corrected chi connectivity index (χ3v) is 8.84. The quantitative estimate of drug-likeness (QED) is 0.516. The van der Waals surface area contributed by atoms with Gasteiger partial charge in [0.2, 0.25) is 0 Å². The van der Waals surface area contributed by atoms with Crippen LogP contribution in [0.2, 0.25) is 0 Å². The molecule has 0 saturated carbocycles. The highest BCUT2D eigenvalue weighted by molar-refractivity contribution is 6.12. The van der Waals surface area contributed by atoms with E-state index in [1.807, 2.05) is 0 Å². The molecule has 1 N–H and O–H groups in total. The molecule has 4 aliphatic rings. The molecular formula is C33H38N2O. The molecule has 5 rings (SSSR count). The van der Waals surface area contributed by atoms with Crippen LogP contribution in [0.5, 0.6) is 0 Å². The third-order valence-electron chi connectivity index (χ3n) is 8.84. The van der Waals surface area contributed by atoms with Gasteiger partial charge in [0.1, 0.15) is 0 Å². The Morgan fingerprint density at radius 3 is 1.94 bits per heavy atom. The molecule has 2 aliphatic carbocycles. The number of hydrogen-bond donors (Lipinski definition) is 1. The van der Waals surface area contributed by atoms with Crippen molar-refractivity contribution in [3.05, 3.63) is 101 Å². The van der Waals surface area contributed by atoms with Gasteiger partial charge in [0.05, 0.1) is 17.0 Å². The van der Waals surface area contributed by atoms with Gasteiger partial charge in [0, 0.05) is 17.8 Å². The van der Waals surface area contributed by atoms with Gasteiger partial charge in [-0.25, -0.2) is 4.99 Å². The number of allylic oxidation sites excluding steroid dienone is 11. The maximum Gasteiger partial charge on any atom is 0.0876 e. The van der Waals surface area contributed by atoms with Crippen LogP contribution in [0.1, 0.15) is 66.0 Å². The minimum Gasteiger partial charge on any atom is -0.374 e. The normalized spacial score (nSPS) is 20.1. The Balaban J connectivity index is 1.86. The van der Waals surface area contributed by atoms with E-state index in [2.05, 4.69) is 97.7 Å². The minimum atomic E-state index is -0.387. The smallest absolute Gasteiger partial charge is 0.0876 e. The van der Waals surface area contributed by atoms with E-state index < -0.39 is 0 Å². The minimum absolute atomic E-state index is 0.387. The average Bonchev–Trinajstić information content (AvgIpc) is 3.47. The van der Waals surface area contributed by atoms with Crippen LogP contribution in [-0.2, 0) is 4.74 Å². The second-order valence-corrected chi connectivity index (χ2v) is 11.2. The van der Waals surface area contributed by atoms with Crippen molar-refractivity contribution in [2.75, 3.05) is 7.11 Å². The molecule has 8 bridgehead atoms. The predicted octanol–water partition coefficient (Wildman–Crippen LogP) is 6.53. The molecule has 0 aromatic carbocycles. The number of hydrogen-bond acceptors (Lipinski definition) is 2. The number of methoxy groups -OCH3 is 1. The highest BCUT2D eigenvalue weighted by Gasteiger charge is 2.32. The second kappa shape index (κ2) is 8.45. The van der Waals surface area contributed by atoms with Crippen LogP contribution in [0.3, 0.4) is 0 Å². The number of nitrogens with one attached hydrogen (secondary N) is 1. The summed E-state index contributed by atoms with van der Waals surface area (Å²) < 4.78 is 6.01. The van der Waals surface area contributed by atoms with Gasteiger partial charge in [-0.2, -0.15) is 0 Å². The molecule has 0 unspecified atom stereocenters. The lowest BCUT2D eigenvalue weighted by Crippen LogP contribution is -2.26. The van der Waals surface area contributed by atoms with Crippen molar-refractivity contribution in [2.45, 2.75) is 74.3 Å². The fraction of sp³-hybridized carbons (Fsp3) is 0.364. The summed E-state index contributed by atoms with van der Waals surface area (Å²) >= 11 is 0. The molecule has 3 heterocycles. The van der Waals surface area contributed by atoms with Crippen molar-refractivity contribution in [2.24, 2.45) is 4.99 Å². The van der Waals surface area contributed by atoms with E-state index >= 15 is 0 Å². The zero-order chi connectivity index (χ0) is 26.1. The lowest BCUT2D eigenvalue weighted by Gasteiger charge is -2.27. The fourth-order valence-electron chi connectivity index (χ4n) is 5.80. The Bertz CT molecular complexity index is 1600.